The number of aliphatic hydroxyl groups excluding tert-OH is 1. The van der Waals surface area contributed by atoms with Gasteiger partial charge in [-0.2, -0.15) is 0 Å². The molecule has 0 aliphatic carbocycles. The number of anilines is 2. The lowest BCUT2D eigenvalue weighted by atomic mass is 10.2. The second-order valence-corrected chi connectivity index (χ2v) is 3.89. The van der Waals surface area contributed by atoms with E-state index in [0.717, 1.165) is 5.56 Å². The topological polar surface area (TPSA) is 100 Å². The second kappa shape index (κ2) is 5.94. The van der Waals surface area contributed by atoms with Crippen molar-refractivity contribution in [1.29, 1.82) is 0 Å². The van der Waals surface area contributed by atoms with Crippen LogP contribution in [0.3, 0.4) is 0 Å². The van der Waals surface area contributed by atoms with Gasteiger partial charge in [-0.3, -0.25) is 4.79 Å². The summed E-state index contributed by atoms with van der Waals surface area (Å²) in [5.74, 6) is 5.43. The fraction of sp³-hybridized carbons (Fsp3) is 0.0769. The van der Waals surface area contributed by atoms with Crippen molar-refractivity contribution in [2.45, 2.75) is 6.61 Å². The third-order valence-corrected chi connectivity index (χ3v) is 2.57. The highest BCUT2D eigenvalue weighted by atomic mass is 16.3. The molecular weight excluding hydrogens is 244 g/mol. The smallest absolute Gasteiger partial charge is 0.257 e. The molecule has 6 nitrogen and oxygen atoms in total. The standard InChI is InChI=1S/C13H14N4O2/c14-17-12-6-3-10(7-15-12)13(19)16-11-4-1-9(8-18)2-5-11/h1-7,18H,8,14H2,(H,15,17)(H,16,19). The molecule has 2 rings (SSSR count). The summed E-state index contributed by atoms with van der Waals surface area (Å²) < 4.78 is 0. The third kappa shape index (κ3) is 3.27. The van der Waals surface area contributed by atoms with Crippen molar-refractivity contribution in [3.8, 4) is 0 Å². The molecule has 0 unspecified atom stereocenters. The van der Waals surface area contributed by atoms with Crippen LogP contribution in [0, 0.1) is 0 Å². The van der Waals surface area contributed by atoms with Gasteiger partial charge in [-0.1, -0.05) is 12.1 Å². The number of nitrogens with two attached hydrogens (primary N) is 1. The first-order valence-corrected chi connectivity index (χ1v) is 5.67. The number of nitrogens with one attached hydrogen (secondary N) is 2. The van der Waals surface area contributed by atoms with E-state index in [2.05, 4.69) is 15.7 Å². The summed E-state index contributed by atoms with van der Waals surface area (Å²) in [6.45, 7) is -0.0221. The third-order valence-electron chi connectivity index (χ3n) is 2.57. The fourth-order valence-electron chi connectivity index (χ4n) is 1.51. The van der Waals surface area contributed by atoms with Gasteiger partial charge in [0.1, 0.15) is 5.82 Å². The molecule has 0 aliphatic rings. The van der Waals surface area contributed by atoms with E-state index in [1.165, 1.54) is 6.20 Å². The largest absolute Gasteiger partial charge is 0.392 e. The zero-order valence-electron chi connectivity index (χ0n) is 10.1. The molecule has 2 aromatic rings. The summed E-state index contributed by atoms with van der Waals surface area (Å²) in [5.41, 5.74) is 4.27. The molecule has 98 valence electrons. The minimum Gasteiger partial charge on any atom is -0.392 e. The molecule has 1 aromatic heterocycles. The Morgan fingerprint density at radius 1 is 1.21 bits per heavy atom. The van der Waals surface area contributed by atoms with Crippen molar-refractivity contribution < 1.29 is 9.90 Å². The van der Waals surface area contributed by atoms with Crippen molar-refractivity contribution in [1.82, 2.24) is 4.98 Å². The molecule has 1 heterocycles. The van der Waals surface area contributed by atoms with Crippen molar-refractivity contribution in [2.75, 3.05) is 10.7 Å². The molecule has 1 amide bonds. The minimum atomic E-state index is -0.257. The highest BCUT2D eigenvalue weighted by Crippen LogP contribution is 2.12. The maximum absolute atomic E-state index is 11.9. The van der Waals surface area contributed by atoms with Crippen molar-refractivity contribution in [3.05, 3.63) is 53.7 Å². The van der Waals surface area contributed by atoms with E-state index < -0.39 is 0 Å². The monoisotopic (exact) mass is 258 g/mol. The van der Waals surface area contributed by atoms with Crippen molar-refractivity contribution in [3.63, 3.8) is 0 Å². The molecule has 6 heteroatoms. The Morgan fingerprint density at radius 3 is 2.47 bits per heavy atom. The molecule has 0 bridgehead atoms. The molecule has 0 saturated heterocycles. The Bertz CT molecular complexity index is 552. The van der Waals surface area contributed by atoms with Gasteiger partial charge in [-0.15, -0.1) is 0 Å². The predicted molar refractivity (Wildman–Crippen MR) is 72.4 cm³/mol. The summed E-state index contributed by atoms with van der Waals surface area (Å²) in [4.78, 5) is 15.9. The van der Waals surface area contributed by atoms with Crippen LogP contribution in [0.15, 0.2) is 42.6 Å². The Balaban J connectivity index is 2.06. The predicted octanol–water partition coefficient (Wildman–Crippen LogP) is 1.11. The van der Waals surface area contributed by atoms with E-state index in [1.807, 2.05) is 0 Å². The Hall–Kier alpha value is -2.44. The molecule has 5 N–H and O–H groups in total. The van der Waals surface area contributed by atoms with Gasteiger partial charge >= 0.3 is 0 Å². The molecule has 0 saturated carbocycles. The first-order valence-electron chi connectivity index (χ1n) is 5.67. The summed E-state index contributed by atoms with van der Waals surface area (Å²) in [6.07, 6.45) is 1.44. The zero-order valence-corrected chi connectivity index (χ0v) is 10.1. The van der Waals surface area contributed by atoms with Gasteiger partial charge in [0.25, 0.3) is 5.91 Å². The number of rotatable bonds is 4. The van der Waals surface area contributed by atoms with Crippen LogP contribution in [0.2, 0.25) is 0 Å². The van der Waals surface area contributed by atoms with Crippen molar-refractivity contribution in [2.24, 2.45) is 5.84 Å². The zero-order chi connectivity index (χ0) is 13.7. The van der Waals surface area contributed by atoms with Crippen LogP contribution < -0.4 is 16.6 Å². The highest BCUT2D eigenvalue weighted by Gasteiger charge is 2.06. The quantitative estimate of drug-likeness (QED) is 0.486. The number of hydrogen-bond acceptors (Lipinski definition) is 5. The number of pyridine rings is 1. The number of aromatic nitrogens is 1. The van der Waals surface area contributed by atoms with Crippen LogP contribution in [0.4, 0.5) is 11.5 Å². The Labute approximate surface area is 110 Å². The number of nitrogen functional groups attached to an aromatic ring is 1. The van der Waals surface area contributed by atoms with Crippen LogP contribution in [-0.4, -0.2) is 16.0 Å². The summed E-state index contributed by atoms with van der Waals surface area (Å²) in [7, 11) is 0. The molecular formula is C13H14N4O2. The maximum atomic E-state index is 11.9. The van der Waals surface area contributed by atoms with Crippen LogP contribution >= 0.6 is 0 Å². The van der Waals surface area contributed by atoms with E-state index in [9.17, 15) is 4.79 Å². The lowest BCUT2D eigenvalue weighted by molar-refractivity contribution is 0.102. The second-order valence-electron chi connectivity index (χ2n) is 3.89. The number of amides is 1. The molecule has 19 heavy (non-hydrogen) atoms. The number of benzene rings is 1. The number of carbonyl (C=O) groups excluding carboxylic acids is 1. The lowest BCUT2D eigenvalue weighted by Gasteiger charge is -2.06. The van der Waals surface area contributed by atoms with Gasteiger partial charge in [0.15, 0.2) is 0 Å². The van der Waals surface area contributed by atoms with Crippen LogP contribution in [0.25, 0.3) is 0 Å². The first-order chi connectivity index (χ1) is 9.22. The molecule has 0 spiro atoms. The number of nitrogens with zero attached hydrogens (tertiary/aromatic N) is 1. The fourth-order valence-corrected chi connectivity index (χ4v) is 1.51. The lowest BCUT2D eigenvalue weighted by Crippen LogP contribution is -2.13. The first kappa shape index (κ1) is 13.0. The van der Waals surface area contributed by atoms with E-state index in [4.69, 9.17) is 10.9 Å². The number of hydrazine groups is 1. The number of hydrogen-bond donors (Lipinski definition) is 4. The average molecular weight is 258 g/mol. The highest BCUT2D eigenvalue weighted by molar-refractivity contribution is 6.04. The average Bonchev–Trinajstić information content (AvgIpc) is 2.48. The van der Waals surface area contributed by atoms with Gasteiger partial charge in [-0.05, 0) is 29.8 Å². The van der Waals surface area contributed by atoms with E-state index in [-0.39, 0.29) is 12.5 Å². The summed E-state index contributed by atoms with van der Waals surface area (Å²) in [6, 6.07) is 10.2. The van der Waals surface area contributed by atoms with Crippen LogP contribution in [0.1, 0.15) is 15.9 Å². The SMILES string of the molecule is NNc1ccc(C(=O)Nc2ccc(CO)cc2)cn1. The summed E-state index contributed by atoms with van der Waals surface area (Å²) in [5, 5.41) is 11.7. The minimum absolute atomic E-state index is 0.0221. The van der Waals surface area contributed by atoms with E-state index in [0.29, 0.717) is 17.1 Å². The van der Waals surface area contributed by atoms with Gasteiger partial charge in [-0.25, -0.2) is 10.8 Å². The Kier molecular flexibility index (Phi) is 4.07. The molecule has 1 aromatic carbocycles. The van der Waals surface area contributed by atoms with E-state index >= 15 is 0 Å². The maximum Gasteiger partial charge on any atom is 0.257 e. The number of aliphatic hydroxyl groups is 1. The van der Waals surface area contributed by atoms with Crippen molar-refractivity contribution >= 4 is 17.4 Å². The molecule has 0 atom stereocenters. The van der Waals surface area contributed by atoms with Gasteiger partial charge < -0.3 is 15.8 Å². The van der Waals surface area contributed by atoms with Gasteiger partial charge in [0.05, 0.1) is 12.2 Å². The molecule has 0 radical (unpaired) electrons. The molecule has 0 fully saturated rings. The van der Waals surface area contributed by atoms with Gasteiger partial charge in [0, 0.05) is 11.9 Å². The molecule has 0 aliphatic heterocycles. The van der Waals surface area contributed by atoms with Crippen LogP contribution in [-0.2, 0) is 6.61 Å². The number of carbonyl (C=O) groups is 1. The van der Waals surface area contributed by atoms with E-state index in [1.54, 1.807) is 36.4 Å². The van der Waals surface area contributed by atoms with Gasteiger partial charge in [0.2, 0.25) is 0 Å². The normalized spacial score (nSPS) is 10.0. The summed E-state index contributed by atoms with van der Waals surface area (Å²) >= 11 is 0. The Morgan fingerprint density at radius 2 is 1.95 bits per heavy atom. The van der Waals surface area contributed by atoms with Crippen LogP contribution in [0.5, 0.6) is 0 Å².